The van der Waals surface area contributed by atoms with Gasteiger partial charge in [-0.15, -0.1) is 0 Å². The maximum absolute atomic E-state index is 5.96. The zero-order valence-electron chi connectivity index (χ0n) is 21.6. The molecule has 6 aromatic carbocycles. The van der Waals surface area contributed by atoms with Gasteiger partial charge in [0.25, 0.3) is 0 Å². The Kier molecular flexibility index (Phi) is 6.79. The lowest BCUT2D eigenvalue weighted by Crippen LogP contribution is -2.10. The highest BCUT2D eigenvalue weighted by atomic mass is 15.1. The fourth-order valence-corrected chi connectivity index (χ4v) is 4.85. The van der Waals surface area contributed by atoms with E-state index >= 15 is 0 Å². The second-order valence-corrected chi connectivity index (χ2v) is 9.36. The van der Waals surface area contributed by atoms with E-state index in [2.05, 4.69) is 143 Å². The normalized spacial score (nSPS) is 10.7. The van der Waals surface area contributed by atoms with E-state index in [9.17, 15) is 0 Å². The predicted octanol–water partition coefficient (Wildman–Crippen LogP) is 9.88. The average molecular weight is 504 g/mol. The summed E-state index contributed by atoms with van der Waals surface area (Å²) in [7, 11) is 0. The predicted molar refractivity (Wildman–Crippen MR) is 166 cm³/mol. The molecule has 0 spiro atoms. The van der Waals surface area contributed by atoms with Crippen molar-refractivity contribution < 1.29 is 0 Å². The number of nitrogens with zero attached hydrogens (tertiary/aromatic N) is 2. The summed E-state index contributed by atoms with van der Waals surface area (Å²) >= 11 is 0. The second kappa shape index (κ2) is 11.0. The molecule has 6 rings (SSSR count). The first kappa shape index (κ1) is 24.1. The first-order valence-electron chi connectivity index (χ1n) is 13.1. The molecule has 0 radical (unpaired) electrons. The number of nitrogens with two attached hydrogens (primary N) is 1. The van der Waals surface area contributed by atoms with Crippen LogP contribution in [0.15, 0.2) is 164 Å². The molecule has 0 aliphatic carbocycles. The number of benzene rings is 6. The number of anilines is 7. The van der Waals surface area contributed by atoms with Crippen molar-refractivity contribution in [2.75, 3.05) is 15.5 Å². The van der Waals surface area contributed by atoms with Gasteiger partial charge in [-0.3, -0.25) is 0 Å². The van der Waals surface area contributed by atoms with Crippen LogP contribution in [0.5, 0.6) is 0 Å². The van der Waals surface area contributed by atoms with Crippen molar-refractivity contribution in [2.24, 2.45) is 0 Å². The van der Waals surface area contributed by atoms with Crippen LogP contribution in [-0.2, 0) is 0 Å². The lowest BCUT2D eigenvalue weighted by atomic mass is 10.0. The van der Waals surface area contributed by atoms with E-state index in [1.54, 1.807) is 0 Å². The van der Waals surface area contributed by atoms with Gasteiger partial charge in [-0.2, -0.15) is 0 Å². The van der Waals surface area contributed by atoms with Crippen LogP contribution in [0.2, 0.25) is 0 Å². The molecule has 0 saturated heterocycles. The maximum Gasteiger partial charge on any atom is 0.0463 e. The third-order valence-corrected chi connectivity index (χ3v) is 6.78. The summed E-state index contributed by atoms with van der Waals surface area (Å²) in [5.41, 5.74) is 15.7. The summed E-state index contributed by atoms with van der Waals surface area (Å²) in [6.07, 6.45) is 0. The van der Waals surface area contributed by atoms with Gasteiger partial charge in [0.05, 0.1) is 0 Å². The molecule has 0 saturated carbocycles. The smallest absolute Gasteiger partial charge is 0.0463 e. The van der Waals surface area contributed by atoms with Crippen LogP contribution in [0, 0.1) is 0 Å². The van der Waals surface area contributed by atoms with E-state index < -0.39 is 0 Å². The highest BCUT2D eigenvalue weighted by molar-refractivity contribution is 5.80. The minimum absolute atomic E-state index is 0.753. The standard InChI is InChI=1S/C36H29N3/c37-30-20-26-36(27-21-30)39(33-14-8-3-9-15-33)35-24-18-29(19-25-35)28-16-22-34(23-17-28)38(31-10-4-1-5-11-31)32-12-6-2-7-13-32/h1-27H,37H2. The third-order valence-electron chi connectivity index (χ3n) is 6.78. The number of nitrogen functional groups attached to an aromatic ring is 1. The zero-order chi connectivity index (χ0) is 26.4. The molecule has 0 heterocycles. The molecule has 0 fully saturated rings. The fourth-order valence-electron chi connectivity index (χ4n) is 4.85. The second-order valence-electron chi connectivity index (χ2n) is 9.36. The maximum atomic E-state index is 5.96. The molecule has 0 aromatic heterocycles. The molecule has 188 valence electrons. The monoisotopic (exact) mass is 503 g/mol. The van der Waals surface area contributed by atoms with Crippen LogP contribution in [0.4, 0.5) is 39.8 Å². The van der Waals surface area contributed by atoms with Crippen molar-refractivity contribution >= 4 is 39.8 Å². The Labute approximate surface area is 230 Å². The molecular formula is C36H29N3. The van der Waals surface area contributed by atoms with Gasteiger partial charge >= 0.3 is 0 Å². The molecule has 0 aliphatic rings. The first-order valence-corrected chi connectivity index (χ1v) is 13.1. The molecule has 0 atom stereocenters. The van der Waals surface area contributed by atoms with E-state index in [0.29, 0.717) is 0 Å². The Morgan fingerprint density at radius 3 is 0.846 bits per heavy atom. The molecule has 3 nitrogen and oxygen atoms in total. The highest BCUT2D eigenvalue weighted by Gasteiger charge is 2.14. The molecule has 2 N–H and O–H groups in total. The Balaban J connectivity index is 1.31. The van der Waals surface area contributed by atoms with Crippen molar-refractivity contribution in [1.82, 2.24) is 0 Å². The van der Waals surface area contributed by atoms with E-state index in [1.165, 1.54) is 11.1 Å². The van der Waals surface area contributed by atoms with Crippen molar-refractivity contribution in [3.8, 4) is 11.1 Å². The SMILES string of the molecule is Nc1ccc(N(c2ccccc2)c2ccc(-c3ccc(N(c4ccccc4)c4ccccc4)cc3)cc2)cc1. The van der Waals surface area contributed by atoms with Crippen LogP contribution in [0.25, 0.3) is 11.1 Å². The molecule has 3 heteroatoms. The average Bonchev–Trinajstić information content (AvgIpc) is 3.01. The third kappa shape index (κ3) is 5.25. The van der Waals surface area contributed by atoms with Crippen molar-refractivity contribution in [2.45, 2.75) is 0 Å². The molecule has 0 amide bonds. The van der Waals surface area contributed by atoms with Gasteiger partial charge in [-0.05, 0) is 96.1 Å². The van der Waals surface area contributed by atoms with Crippen molar-refractivity contribution in [1.29, 1.82) is 0 Å². The summed E-state index contributed by atoms with van der Waals surface area (Å²) in [6.45, 7) is 0. The Bertz CT molecular complexity index is 1570. The summed E-state index contributed by atoms with van der Waals surface area (Å²) in [4.78, 5) is 4.52. The van der Waals surface area contributed by atoms with Gasteiger partial charge in [-0.1, -0.05) is 78.9 Å². The van der Waals surface area contributed by atoms with Crippen LogP contribution < -0.4 is 15.5 Å². The van der Waals surface area contributed by atoms with Gasteiger partial charge in [0.15, 0.2) is 0 Å². The molecule has 6 aromatic rings. The van der Waals surface area contributed by atoms with E-state index in [0.717, 1.165) is 39.8 Å². The minimum Gasteiger partial charge on any atom is -0.399 e. The molecular weight excluding hydrogens is 474 g/mol. The van der Waals surface area contributed by atoms with Gasteiger partial charge in [0, 0.05) is 39.8 Å². The Morgan fingerprint density at radius 1 is 0.282 bits per heavy atom. The summed E-state index contributed by atoms with van der Waals surface area (Å²) in [5, 5.41) is 0. The van der Waals surface area contributed by atoms with Gasteiger partial charge in [0.1, 0.15) is 0 Å². The van der Waals surface area contributed by atoms with Crippen molar-refractivity contribution in [3.63, 3.8) is 0 Å². The van der Waals surface area contributed by atoms with E-state index in [1.807, 2.05) is 30.3 Å². The highest BCUT2D eigenvalue weighted by Crippen LogP contribution is 2.37. The van der Waals surface area contributed by atoms with Crippen LogP contribution in [-0.4, -0.2) is 0 Å². The summed E-state index contributed by atoms with van der Waals surface area (Å²) < 4.78 is 0. The number of hydrogen-bond acceptors (Lipinski definition) is 3. The lowest BCUT2D eigenvalue weighted by Gasteiger charge is -2.26. The number of para-hydroxylation sites is 3. The van der Waals surface area contributed by atoms with E-state index in [4.69, 9.17) is 5.73 Å². The molecule has 0 aliphatic heterocycles. The Morgan fingerprint density at radius 2 is 0.538 bits per heavy atom. The molecule has 39 heavy (non-hydrogen) atoms. The lowest BCUT2D eigenvalue weighted by molar-refractivity contribution is 1.28. The number of rotatable bonds is 7. The van der Waals surface area contributed by atoms with Gasteiger partial charge < -0.3 is 15.5 Å². The summed E-state index contributed by atoms with van der Waals surface area (Å²) in [5.74, 6) is 0. The van der Waals surface area contributed by atoms with Gasteiger partial charge in [0.2, 0.25) is 0 Å². The Hall–Kier alpha value is -5.28. The molecule has 0 bridgehead atoms. The fraction of sp³-hybridized carbons (Fsp3) is 0. The zero-order valence-corrected chi connectivity index (χ0v) is 21.6. The largest absolute Gasteiger partial charge is 0.399 e. The first-order chi connectivity index (χ1) is 19.3. The summed E-state index contributed by atoms with van der Waals surface area (Å²) in [6, 6.07) is 56.8. The van der Waals surface area contributed by atoms with Crippen LogP contribution in [0.1, 0.15) is 0 Å². The topological polar surface area (TPSA) is 32.5 Å². The molecule has 0 unspecified atom stereocenters. The minimum atomic E-state index is 0.753. The van der Waals surface area contributed by atoms with E-state index in [-0.39, 0.29) is 0 Å². The van der Waals surface area contributed by atoms with Crippen LogP contribution in [0.3, 0.4) is 0 Å². The van der Waals surface area contributed by atoms with Gasteiger partial charge in [-0.25, -0.2) is 0 Å². The van der Waals surface area contributed by atoms with Crippen molar-refractivity contribution in [3.05, 3.63) is 164 Å². The van der Waals surface area contributed by atoms with Crippen LogP contribution >= 0.6 is 0 Å². The quantitative estimate of drug-likeness (QED) is 0.220. The number of hydrogen-bond donors (Lipinski definition) is 1.